The van der Waals surface area contributed by atoms with E-state index in [1.165, 1.54) is 11.8 Å². The second-order valence-corrected chi connectivity index (χ2v) is 7.00. The molecule has 0 bridgehead atoms. The van der Waals surface area contributed by atoms with Gasteiger partial charge >= 0.3 is 0 Å². The van der Waals surface area contributed by atoms with Crippen LogP contribution in [0.15, 0.2) is 66.6 Å². The molecule has 8 nitrogen and oxygen atoms in total. The molecule has 0 spiro atoms. The molecule has 9 heteroatoms. The zero-order valence-electron chi connectivity index (χ0n) is 15.8. The molecule has 0 aliphatic heterocycles. The third-order valence-electron chi connectivity index (χ3n) is 3.99. The van der Waals surface area contributed by atoms with Crippen molar-refractivity contribution in [3.8, 4) is 11.4 Å². The minimum atomic E-state index is -0.366. The van der Waals surface area contributed by atoms with Gasteiger partial charge in [0.15, 0.2) is 11.0 Å². The Labute approximate surface area is 172 Å². The number of pyridine rings is 1. The summed E-state index contributed by atoms with van der Waals surface area (Å²) in [5.41, 5.74) is 7.01. The van der Waals surface area contributed by atoms with E-state index < -0.39 is 0 Å². The number of aryl methyl sites for hydroxylation is 1. The van der Waals surface area contributed by atoms with E-state index >= 15 is 0 Å². The standard InChI is InChI=1S/C20H20N6O2S/c1-3-11-26-18(15-8-6-10-21-12-15)23-25-20(26)29-13-17(27)22-24-19(28)16-9-5-4-7-14(16)2/h3-10,12H,1,11,13H2,2H3,(H,22,27)(H,24,28). The van der Waals surface area contributed by atoms with Gasteiger partial charge in [0.1, 0.15) is 0 Å². The molecule has 2 heterocycles. The maximum absolute atomic E-state index is 12.2. The van der Waals surface area contributed by atoms with E-state index in [1.807, 2.05) is 35.8 Å². The maximum atomic E-state index is 12.2. The number of hydrazine groups is 1. The maximum Gasteiger partial charge on any atom is 0.269 e. The monoisotopic (exact) mass is 408 g/mol. The van der Waals surface area contributed by atoms with Crippen molar-refractivity contribution >= 4 is 23.6 Å². The van der Waals surface area contributed by atoms with Crippen LogP contribution in [0.5, 0.6) is 0 Å². The van der Waals surface area contributed by atoms with Crippen molar-refractivity contribution in [2.75, 3.05) is 5.75 Å². The van der Waals surface area contributed by atoms with Gasteiger partial charge in [0.2, 0.25) is 5.91 Å². The zero-order chi connectivity index (χ0) is 20.6. The molecule has 2 amide bonds. The highest BCUT2D eigenvalue weighted by Gasteiger charge is 2.15. The number of carbonyl (C=O) groups is 2. The number of nitrogens with zero attached hydrogens (tertiary/aromatic N) is 4. The Bertz CT molecular complexity index is 1020. The molecule has 0 saturated carbocycles. The third-order valence-corrected chi connectivity index (χ3v) is 4.95. The van der Waals surface area contributed by atoms with Crippen molar-refractivity contribution in [2.45, 2.75) is 18.6 Å². The lowest BCUT2D eigenvalue weighted by Crippen LogP contribution is -2.42. The Morgan fingerprint density at radius 3 is 2.72 bits per heavy atom. The second kappa shape index (κ2) is 9.65. The largest absolute Gasteiger partial charge is 0.298 e. The van der Waals surface area contributed by atoms with Crippen LogP contribution in [0.2, 0.25) is 0 Å². The van der Waals surface area contributed by atoms with Crippen LogP contribution < -0.4 is 10.9 Å². The zero-order valence-corrected chi connectivity index (χ0v) is 16.6. The highest BCUT2D eigenvalue weighted by atomic mass is 32.2. The van der Waals surface area contributed by atoms with Crippen molar-refractivity contribution in [1.29, 1.82) is 0 Å². The van der Waals surface area contributed by atoms with E-state index in [1.54, 1.807) is 30.6 Å². The first kappa shape index (κ1) is 20.3. The number of hydrogen-bond acceptors (Lipinski definition) is 6. The third kappa shape index (κ3) is 5.08. The number of carbonyl (C=O) groups excluding carboxylic acids is 2. The number of aromatic nitrogens is 4. The lowest BCUT2D eigenvalue weighted by molar-refractivity contribution is -0.119. The van der Waals surface area contributed by atoms with E-state index in [-0.39, 0.29) is 17.6 Å². The SMILES string of the molecule is C=CCn1c(SCC(=O)NNC(=O)c2ccccc2C)nnc1-c1cccnc1. The lowest BCUT2D eigenvalue weighted by Gasteiger charge is -2.09. The molecule has 3 aromatic rings. The van der Waals surface area contributed by atoms with E-state index in [2.05, 4.69) is 32.6 Å². The molecule has 3 rings (SSSR count). The van der Waals surface area contributed by atoms with Crippen LogP contribution in [-0.4, -0.2) is 37.3 Å². The first-order valence-electron chi connectivity index (χ1n) is 8.82. The van der Waals surface area contributed by atoms with Gasteiger partial charge in [-0.3, -0.25) is 30.0 Å². The van der Waals surface area contributed by atoms with Crippen LogP contribution in [0, 0.1) is 6.92 Å². The number of thioether (sulfide) groups is 1. The van der Waals surface area contributed by atoms with Crippen molar-refractivity contribution in [2.24, 2.45) is 0 Å². The molecule has 2 N–H and O–H groups in total. The van der Waals surface area contributed by atoms with Crippen LogP contribution in [-0.2, 0) is 11.3 Å². The summed E-state index contributed by atoms with van der Waals surface area (Å²) in [6.07, 6.45) is 5.12. The Balaban J connectivity index is 1.60. The first-order chi connectivity index (χ1) is 14.1. The van der Waals surface area contributed by atoms with Gasteiger partial charge < -0.3 is 0 Å². The van der Waals surface area contributed by atoms with E-state index in [0.29, 0.717) is 23.1 Å². The smallest absolute Gasteiger partial charge is 0.269 e. The first-order valence-corrected chi connectivity index (χ1v) is 9.81. The Hall–Kier alpha value is -3.46. The molecule has 0 aliphatic rings. The minimum Gasteiger partial charge on any atom is -0.298 e. The topological polar surface area (TPSA) is 102 Å². The normalized spacial score (nSPS) is 10.4. The van der Waals surface area contributed by atoms with Gasteiger partial charge in [-0.1, -0.05) is 36.0 Å². The Kier molecular flexibility index (Phi) is 6.75. The predicted molar refractivity (Wildman–Crippen MR) is 111 cm³/mol. The molecule has 2 aromatic heterocycles. The number of amides is 2. The molecule has 0 aliphatic carbocycles. The summed E-state index contributed by atoms with van der Waals surface area (Å²) in [5.74, 6) is -0.00646. The number of hydrogen-bond donors (Lipinski definition) is 2. The molecule has 148 valence electrons. The quantitative estimate of drug-likeness (QED) is 0.354. The molecule has 0 radical (unpaired) electrons. The fourth-order valence-corrected chi connectivity index (χ4v) is 3.33. The molecule has 0 saturated heterocycles. The molecule has 0 fully saturated rings. The summed E-state index contributed by atoms with van der Waals surface area (Å²) in [4.78, 5) is 28.4. The van der Waals surface area contributed by atoms with Crippen LogP contribution >= 0.6 is 11.8 Å². The van der Waals surface area contributed by atoms with Gasteiger partial charge in [0, 0.05) is 30.1 Å². The van der Waals surface area contributed by atoms with Gasteiger partial charge in [-0.25, -0.2) is 0 Å². The van der Waals surface area contributed by atoms with Crippen molar-refractivity contribution < 1.29 is 9.59 Å². The summed E-state index contributed by atoms with van der Waals surface area (Å²) in [6, 6.07) is 10.9. The predicted octanol–water partition coefficient (Wildman–Crippen LogP) is 2.39. The summed E-state index contributed by atoms with van der Waals surface area (Å²) in [5, 5.41) is 8.95. The summed E-state index contributed by atoms with van der Waals surface area (Å²) in [6.45, 7) is 6.09. The van der Waals surface area contributed by atoms with E-state index in [4.69, 9.17) is 0 Å². The number of allylic oxidation sites excluding steroid dienone is 1. The van der Waals surface area contributed by atoms with Gasteiger partial charge in [0.05, 0.1) is 5.75 Å². The van der Waals surface area contributed by atoms with Crippen LogP contribution in [0.1, 0.15) is 15.9 Å². The summed E-state index contributed by atoms with van der Waals surface area (Å²) >= 11 is 1.22. The molecular formula is C20H20N6O2S. The van der Waals surface area contributed by atoms with Crippen LogP contribution in [0.4, 0.5) is 0 Å². The molecule has 0 atom stereocenters. The average Bonchev–Trinajstić information content (AvgIpc) is 3.14. The van der Waals surface area contributed by atoms with E-state index in [0.717, 1.165) is 11.1 Å². The summed E-state index contributed by atoms with van der Waals surface area (Å²) in [7, 11) is 0. The second-order valence-electron chi connectivity index (χ2n) is 6.05. The van der Waals surface area contributed by atoms with E-state index in [9.17, 15) is 9.59 Å². The Morgan fingerprint density at radius 1 is 1.17 bits per heavy atom. The lowest BCUT2D eigenvalue weighted by atomic mass is 10.1. The minimum absolute atomic E-state index is 0.0658. The Morgan fingerprint density at radius 2 is 2.00 bits per heavy atom. The highest BCUT2D eigenvalue weighted by Crippen LogP contribution is 2.23. The van der Waals surface area contributed by atoms with Crippen molar-refractivity contribution in [1.82, 2.24) is 30.6 Å². The number of rotatable bonds is 7. The number of nitrogens with one attached hydrogen (secondary N) is 2. The van der Waals surface area contributed by atoms with Crippen molar-refractivity contribution in [3.05, 3.63) is 72.6 Å². The van der Waals surface area contributed by atoms with Crippen LogP contribution in [0.3, 0.4) is 0 Å². The summed E-state index contributed by atoms with van der Waals surface area (Å²) < 4.78 is 1.86. The number of benzene rings is 1. The van der Waals surface area contributed by atoms with Gasteiger partial charge in [-0.15, -0.1) is 16.8 Å². The molecule has 29 heavy (non-hydrogen) atoms. The van der Waals surface area contributed by atoms with Gasteiger partial charge in [-0.05, 0) is 30.7 Å². The fourth-order valence-electron chi connectivity index (χ4n) is 2.59. The molecular weight excluding hydrogens is 388 g/mol. The van der Waals surface area contributed by atoms with Gasteiger partial charge in [0.25, 0.3) is 5.91 Å². The van der Waals surface area contributed by atoms with Crippen LogP contribution in [0.25, 0.3) is 11.4 Å². The fraction of sp³-hybridized carbons (Fsp3) is 0.150. The molecule has 1 aromatic carbocycles. The van der Waals surface area contributed by atoms with Crippen molar-refractivity contribution in [3.63, 3.8) is 0 Å². The highest BCUT2D eigenvalue weighted by molar-refractivity contribution is 7.99. The molecule has 0 unspecified atom stereocenters. The average molecular weight is 408 g/mol. The van der Waals surface area contributed by atoms with Gasteiger partial charge in [-0.2, -0.15) is 0 Å².